The lowest BCUT2D eigenvalue weighted by Gasteiger charge is -2.50. The fraction of sp³-hybridized carbons (Fsp3) is 0.571. The standard InChI is InChI=1S/C14H21NO/c1-9-5-6-10(2)11(7-9)15-12-8-13(16)14(12,3)4/h5-7,12-13,15-16H,8H2,1-4H3. The van der Waals surface area contributed by atoms with Gasteiger partial charge in [-0.25, -0.2) is 0 Å². The van der Waals surface area contributed by atoms with Gasteiger partial charge in [0.2, 0.25) is 0 Å². The van der Waals surface area contributed by atoms with E-state index in [4.69, 9.17) is 0 Å². The van der Waals surface area contributed by atoms with Gasteiger partial charge >= 0.3 is 0 Å². The molecule has 0 saturated heterocycles. The third kappa shape index (κ3) is 1.82. The van der Waals surface area contributed by atoms with E-state index in [0.717, 1.165) is 6.42 Å². The molecule has 2 heteroatoms. The molecule has 0 radical (unpaired) electrons. The lowest BCUT2D eigenvalue weighted by Crippen LogP contribution is -2.56. The van der Waals surface area contributed by atoms with E-state index in [2.05, 4.69) is 51.2 Å². The predicted octanol–water partition coefficient (Wildman–Crippen LogP) is 2.87. The summed E-state index contributed by atoms with van der Waals surface area (Å²) in [6.07, 6.45) is 0.676. The minimum atomic E-state index is -0.171. The summed E-state index contributed by atoms with van der Waals surface area (Å²) in [6.45, 7) is 8.45. The molecule has 0 amide bonds. The van der Waals surface area contributed by atoms with Gasteiger partial charge in [-0.1, -0.05) is 26.0 Å². The topological polar surface area (TPSA) is 32.3 Å². The molecule has 0 bridgehead atoms. The van der Waals surface area contributed by atoms with Crippen molar-refractivity contribution in [3.8, 4) is 0 Å². The maximum Gasteiger partial charge on any atom is 0.0630 e. The van der Waals surface area contributed by atoms with Gasteiger partial charge in [0.1, 0.15) is 0 Å². The number of aliphatic hydroxyl groups is 1. The molecule has 0 heterocycles. The summed E-state index contributed by atoms with van der Waals surface area (Å²) in [7, 11) is 0. The minimum Gasteiger partial charge on any atom is -0.392 e. The zero-order valence-electron chi connectivity index (χ0n) is 10.5. The van der Waals surface area contributed by atoms with Crippen molar-refractivity contribution >= 4 is 5.69 Å². The maximum atomic E-state index is 9.71. The highest BCUT2D eigenvalue weighted by Crippen LogP contribution is 2.42. The second-order valence-electron chi connectivity index (χ2n) is 5.59. The first kappa shape index (κ1) is 11.5. The monoisotopic (exact) mass is 219 g/mol. The van der Waals surface area contributed by atoms with Crippen molar-refractivity contribution in [2.45, 2.75) is 46.3 Å². The Morgan fingerprint density at radius 1 is 1.31 bits per heavy atom. The third-order valence-corrected chi connectivity index (χ3v) is 3.94. The van der Waals surface area contributed by atoms with E-state index in [9.17, 15) is 5.11 Å². The van der Waals surface area contributed by atoms with E-state index in [0.29, 0.717) is 6.04 Å². The molecule has 1 aliphatic carbocycles. The molecule has 0 aromatic heterocycles. The second kappa shape index (κ2) is 3.77. The van der Waals surface area contributed by atoms with Gasteiger partial charge in [-0.3, -0.25) is 0 Å². The first-order chi connectivity index (χ1) is 7.41. The molecule has 1 fully saturated rings. The highest BCUT2D eigenvalue weighted by Gasteiger charge is 2.47. The first-order valence-corrected chi connectivity index (χ1v) is 5.93. The van der Waals surface area contributed by atoms with Crippen LogP contribution >= 0.6 is 0 Å². The van der Waals surface area contributed by atoms with Crippen LogP contribution in [0.1, 0.15) is 31.4 Å². The maximum absolute atomic E-state index is 9.71. The van der Waals surface area contributed by atoms with Crippen LogP contribution in [0.5, 0.6) is 0 Å². The zero-order chi connectivity index (χ0) is 11.9. The lowest BCUT2D eigenvalue weighted by molar-refractivity contribution is -0.0510. The van der Waals surface area contributed by atoms with Crippen molar-refractivity contribution in [1.29, 1.82) is 0 Å². The van der Waals surface area contributed by atoms with Crippen molar-refractivity contribution in [3.05, 3.63) is 29.3 Å². The van der Waals surface area contributed by atoms with Crippen molar-refractivity contribution in [2.75, 3.05) is 5.32 Å². The van der Waals surface area contributed by atoms with Crippen LogP contribution in [0.25, 0.3) is 0 Å². The summed E-state index contributed by atoms with van der Waals surface area (Å²) in [6, 6.07) is 6.82. The Balaban J connectivity index is 2.13. The Morgan fingerprint density at radius 3 is 2.56 bits per heavy atom. The van der Waals surface area contributed by atoms with E-state index in [1.165, 1.54) is 16.8 Å². The summed E-state index contributed by atoms with van der Waals surface area (Å²) in [4.78, 5) is 0. The summed E-state index contributed by atoms with van der Waals surface area (Å²) < 4.78 is 0. The van der Waals surface area contributed by atoms with Crippen LogP contribution < -0.4 is 5.32 Å². The molecular formula is C14H21NO. The average molecular weight is 219 g/mol. The van der Waals surface area contributed by atoms with Gasteiger partial charge in [0.05, 0.1) is 6.10 Å². The molecule has 2 unspecified atom stereocenters. The van der Waals surface area contributed by atoms with Crippen molar-refractivity contribution in [2.24, 2.45) is 5.41 Å². The molecule has 88 valence electrons. The van der Waals surface area contributed by atoms with Gasteiger partial charge in [0, 0.05) is 17.1 Å². The number of hydrogen-bond acceptors (Lipinski definition) is 2. The Kier molecular flexibility index (Phi) is 2.70. The van der Waals surface area contributed by atoms with E-state index < -0.39 is 0 Å². The normalized spacial score (nSPS) is 27.3. The number of benzene rings is 1. The van der Waals surface area contributed by atoms with Gasteiger partial charge in [0.15, 0.2) is 0 Å². The minimum absolute atomic E-state index is 0.0177. The van der Waals surface area contributed by atoms with Gasteiger partial charge in [-0.05, 0) is 37.5 Å². The fourth-order valence-corrected chi connectivity index (χ4v) is 2.23. The molecule has 1 aliphatic rings. The molecule has 1 aromatic carbocycles. The van der Waals surface area contributed by atoms with Crippen molar-refractivity contribution in [3.63, 3.8) is 0 Å². The van der Waals surface area contributed by atoms with Crippen LogP contribution in [0.2, 0.25) is 0 Å². The van der Waals surface area contributed by atoms with Crippen molar-refractivity contribution in [1.82, 2.24) is 0 Å². The number of aryl methyl sites for hydroxylation is 2. The number of aliphatic hydroxyl groups excluding tert-OH is 1. The van der Waals surface area contributed by atoms with Gasteiger partial charge < -0.3 is 10.4 Å². The molecule has 2 nitrogen and oxygen atoms in total. The quantitative estimate of drug-likeness (QED) is 0.801. The number of hydrogen-bond donors (Lipinski definition) is 2. The van der Waals surface area contributed by atoms with Crippen LogP contribution in [0, 0.1) is 19.3 Å². The number of nitrogens with one attached hydrogen (secondary N) is 1. The van der Waals surface area contributed by atoms with Crippen LogP contribution in [0.4, 0.5) is 5.69 Å². The Labute approximate surface area is 97.7 Å². The average Bonchev–Trinajstić information content (AvgIpc) is 2.23. The number of anilines is 1. The summed E-state index contributed by atoms with van der Waals surface area (Å²) >= 11 is 0. The first-order valence-electron chi connectivity index (χ1n) is 5.93. The number of rotatable bonds is 2. The predicted molar refractivity (Wildman–Crippen MR) is 67.7 cm³/mol. The summed E-state index contributed by atoms with van der Waals surface area (Å²) in [5.74, 6) is 0. The molecule has 2 atom stereocenters. The van der Waals surface area contributed by atoms with Crippen LogP contribution in [-0.2, 0) is 0 Å². The van der Waals surface area contributed by atoms with E-state index in [-0.39, 0.29) is 11.5 Å². The largest absolute Gasteiger partial charge is 0.392 e. The zero-order valence-corrected chi connectivity index (χ0v) is 10.5. The second-order valence-corrected chi connectivity index (χ2v) is 5.59. The van der Waals surface area contributed by atoms with Crippen molar-refractivity contribution < 1.29 is 5.11 Å². The highest BCUT2D eigenvalue weighted by molar-refractivity contribution is 5.54. The Bertz CT molecular complexity index is 398. The molecule has 1 saturated carbocycles. The highest BCUT2D eigenvalue weighted by atomic mass is 16.3. The van der Waals surface area contributed by atoms with Gasteiger partial charge in [0.25, 0.3) is 0 Å². The van der Waals surface area contributed by atoms with Crippen LogP contribution in [0.3, 0.4) is 0 Å². The van der Waals surface area contributed by atoms with Gasteiger partial charge in [-0.2, -0.15) is 0 Å². The van der Waals surface area contributed by atoms with E-state index >= 15 is 0 Å². The molecule has 2 rings (SSSR count). The fourth-order valence-electron chi connectivity index (χ4n) is 2.23. The molecule has 2 N–H and O–H groups in total. The van der Waals surface area contributed by atoms with Crippen LogP contribution in [0.15, 0.2) is 18.2 Å². The molecule has 16 heavy (non-hydrogen) atoms. The Morgan fingerprint density at radius 2 is 2.00 bits per heavy atom. The van der Waals surface area contributed by atoms with E-state index in [1.54, 1.807) is 0 Å². The van der Waals surface area contributed by atoms with E-state index in [1.807, 2.05) is 0 Å². The Hall–Kier alpha value is -1.02. The van der Waals surface area contributed by atoms with Gasteiger partial charge in [-0.15, -0.1) is 0 Å². The smallest absolute Gasteiger partial charge is 0.0630 e. The molecular weight excluding hydrogens is 198 g/mol. The molecule has 1 aromatic rings. The third-order valence-electron chi connectivity index (χ3n) is 3.94. The molecule has 0 spiro atoms. The SMILES string of the molecule is Cc1ccc(C)c(NC2CC(O)C2(C)C)c1. The summed E-state index contributed by atoms with van der Waals surface area (Å²) in [5.41, 5.74) is 3.72. The lowest BCUT2D eigenvalue weighted by atomic mass is 9.64. The molecule has 0 aliphatic heterocycles. The van der Waals surface area contributed by atoms with Crippen LogP contribution in [-0.4, -0.2) is 17.3 Å². The summed E-state index contributed by atoms with van der Waals surface area (Å²) in [5, 5.41) is 13.3.